The average molecular weight is 392 g/mol. The zero-order valence-corrected chi connectivity index (χ0v) is 14.9. The van der Waals surface area contributed by atoms with E-state index in [2.05, 4.69) is 25.9 Å². The van der Waals surface area contributed by atoms with Crippen molar-refractivity contribution >= 4 is 21.8 Å². The molecule has 0 N–H and O–H groups in total. The zero-order valence-electron chi connectivity index (χ0n) is 13.3. The SMILES string of the molecule is COc1ccc(Br)c(C(=O)N2CCC(Oc3ccncn3)CC2)c1. The number of rotatable bonds is 4. The Bertz CT molecular complexity index is 703. The van der Waals surface area contributed by atoms with Gasteiger partial charge < -0.3 is 14.4 Å². The normalized spacial score (nSPS) is 15.2. The van der Waals surface area contributed by atoms with Crippen LogP contribution in [0.15, 0.2) is 41.3 Å². The van der Waals surface area contributed by atoms with Crippen molar-refractivity contribution in [2.75, 3.05) is 20.2 Å². The van der Waals surface area contributed by atoms with Crippen molar-refractivity contribution in [3.63, 3.8) is 0 Å². The number of piperidine rings is 1. The van der Waals surface area contributed by atoms with Gasteiger partial charge in [0.05, 0.1) is 12.7 Å². The highest BCUT2D eigenvalue weighted by atomic mass is 79.9. The number of halogens is 1. The van der Waals surface area contributed by atoms with Gasteiger partial charge in [0.1, 0.15) is 18.2 Å². The number of likely N-dealkylation sites (tertiary alicyclic amines) is 1. The molecule has 126 valence electrons. The van der Waals surface area contributed by atoms with Crippen LogP contribution in [-0.2, 0) is 0 Å². The minimum atomic E-state index is 0.00117. The largest absolute Gasteiger partial charge is 0.497 e. The third-order valence-corrected chi connectivity index (χ3v) is 4.67. The Kier molecular flexibility index (Phi) is 5.30. The molecule has 1 saturated heterocycles. The summed E-state index contributed by atoms with van der Waals surface area (Å²) in [4.78, 5) is 22.5. The number of hydrogen-bond acceptors (Lipinski definition) is 5. The molecule has 1 aromatic heterocycles. The maximum absolute atomic E-state index is 12.7. The van der Waals surface area contributed by atoms with Crippen LogP contribution < -0.4 is 9.47 Å². The van der Waals surface area contributed by atoms with Gasteiger partial charge in [-0.25, -0.2) is 9.97 Å². The number of methoxy groups -OCH3 is 1. The molecule has 6 nitrogen and oxygen atoms in total. The number of hydrogen-bond donors (Lipinski definition) is 0. The van der Waals surface area contributed by atoms with Gasteiger partial charge in [0.25, 0.3) is 5.91 Å². The van der Waals surface area contributed by atoms with E-state index < -0.39 is 0 Å². The van der Waals surface area contributed by atoms with Gasteiger partial charge in [0.2, 0.25) is 5.88 Å². The summed E-state index contributed by atoms with van der Waals surface area (Å²) in [6.07, 6.45) is 4.74. The lowest BCUT2D eigenvalue weighted by Gasteiger charge is -2.32. The number of amides is 1. The van der Waals surface area contributed by atoms with Gasteiger partial charge in [-0.3, -0.25) is 4.79 Å². The molecule has 1 aromatic carbocycles. The lowest BCUT2D eigenvalue weighted by atomic mass is 10.1. The van der Waals surface area contributed by atoms with Crippen LogP contribution in [0, 0.1) is 0 Å². The first kappa shape index (κ1) is 16.7. The van der Waals surface area contributed by atoms with Crippen molar-refractivity contribution in [2.24, 2.45) is 0 Å². The Morgan fingerprint density at radius 1 is 1.29 bits per heavy atom. The van der Waals surface area contributed by atoms with Crippen molar-refractivity contribution in [3.8, 4) is 11.6 Å². The van der Waals surface area contributed by atoms with E-state index in [0.29, 0.717) is 30.3 Å². The van der Waals surface area contributed by atoms with E-state index in [0.717, 1.165) is 17.3 Å². The van der Waals surface area contributed by atoms with Crippen molar-refractivity contribution in [1.29, 1.82) is 0 Å². The summed E-state index contributed by atoms with van der Waals surface area (Å²) in [5.41, 5.74) is 0.615. The molecule has 1 aliphatic rings. The van der Waals surface area contributed by atoms with E-state index >= 15 is 0 Å². The third kappa shape index (κ3) is 3.84. The van der Waals surface area contributed by atoms with Crippen LogP contribution in [0.25, 0.3) is 0 Å². The van der Waals surface area contributed by atoms with Crippen LogP contribution in [0.5, 0.6) is 11.6 Å². The van der Waals surface area contributed by atoms with Crippen molar-refractivity contribution in [1.82, 2.24) is 14.9 Å². The highest BCUT2D eigenvalue weighted by Gasteiger charge is 2.26. The molecule has 7 heteroatoms. The predicted octanol–water partition coefficient (Wildman–Crippen LogP) is 2.93. The highest BCUT2D eigenvalue weighted by molar-refractivity contribution is 9.10. The topological polar surface area (TPSA) is 64.5 Å². The van der Waals surface area contributed by atoms with Crippen LogP contribution in [0.1, 0.15) is 23.2 Å². The second kappa shape index (κ2) is 7.61. The molecule has 2 aromatic rings. The molecule has 24 heavy (non-hydrogen) atoms. The second-order valence-corrected chi connectivity index (χ2v) is 6.36. The first-order chi connectivity index (χ1) is 11.7. The molecular formula is C17H18BrN3O3. The minimum Gasteiger partial charge on any atom is -0.497 e. The molecule has 1 fully saturated rings. The summed E-state index contributed by atoms with van der Waals surface area (Å²) in [6, 6.07) is 7.15. The fourth-order valence-electron chi connectivity index (χ4n) is 2.66. The number of carbonyl (C=O) groups is 1. The molecule has 0 bridgehead atoms. The Balaban J connectivity index is 1.61. The second-order valence-electron chi connectivity index (χ2n) is 5.50. The Morgan fingerprint density at radius 3 is 2.75 bits per heavy atom. The summed E-state index contributed by atoms with van der Waals surface area (Å²) in [5.74, 6) is 1.25. The maximum atomic E-state index is 12.7. The molecule has 1 amide bonds. The molecule has 0 saturated carbocycles. The Morgan fingerprint density at radius 2 is 2.08 bits per heavy atom. The number of aromatic nitrogens is 2. The van der Waals surface area contributed by atoms with Crippen molar-refractivity contribution in [2.45, 2.75) is 18.9 Å². The van der Waals surface area contributed by atoms with E-state index in [-0.39, 0.29) is 12.0 Å². The van der Waals surface area contributed by atoms with Crippen molar-refractivity contribution in [3.05, 3.63) is 46.8 Å². The van der Waals surface area contributed by atoms with E-state index in [1.807, 2.05) is 17.0 Å². The van der Waals surface area contributed by atoms with Crippen LogP contribution in [0.3, 0.4) is 0 Å². The summed E-state index contributed by atoms with van der Waals surface area (Å²) >= 11 is 3.44. The van der Waals surface area contributed by atoms with Gasteiger partial charge in [-0.05, 0) is 34.1 Å². The van der Waals surface area contributed by atoms with Crippen LogP contribution in [-0.4, -0.2) is 47.1 Å². The molecule has 0 unspecified atom stereocenters. The fraction of sp³-hybridized carbons (Fsp3) is 0.353. The summed E-state index contributed by atoms with van der Waals surface area (Å²) in [5, 5.41) is 0. The molecule has 0 atom stereocenters. The lowest BCUT2D eigenvalue weighted by Crippen LogP contribution is -2.42. The van der Waals surface area contributed by atoms with Crippen molar-refractivity contribution < 1.29 is 14.3 Å². The van der Waals surface area contributed by atoms with E-state index in [9.17, 15) is 4.79 Å². The predicted molar refractivity (Wildman–Crippen MR) is 92.3 cm³/mol. The summed E-state index contributed by atoms with van der Waals surface area (Å²) < 4.78 is 11.8. The number of carbonyl (C=O) groups excluding carboxylic acids is 1. The minimum absolute atomic E-state index is 0.00117. The average Bonchev–Trinajstić information content (AvgIpc) is 2.63. The quantitative estimate of drug-likeness (QED) is 0.801. The van der Waals surface area contributed by atoms with Crippen LogP contribution >= 0.6 is 15.9 Å². The van der Waals surface area contributed by atoms with Gasteiger partial charge in [-0.15, -0.1) is 0 Å². The lowest BCUT2D eigenvalue weighted by molar-refractivity contribution is 0.0586. The van der Waals surface area contributed by atoms with Crippen LogP contribution in [0.2, 0.25) is 0 Å². The van der Waals surface area contributed by atoms with E-state index in [1.165, 1.54) is 6.33 Å². The molecular weight excluding hydrogens is 374 g/mol. The van der Waals surface area contributed by atoms with Crippen LogP contribution in [0.4, 0.5) is 0 Å². The van der Waals surface area contributed by atoms with Gasteiger partial charge in [-0.2, -0.15) is 0 Å². The standard InChI is InChI=1S/C17H18BrN3O3/c1-23-13-2-3-15(18)14(10-13)17(22)21-8-5-12(6-9-21)24-16-4-7-19-11-20-16/h2-4,7,10-12H,5-6,8-9H2,1H3. The fourth-order valence-corrected chi connectivity index (χ4v) is 3.08. The van der Waals surface area contributed by atoms with Gasteiger partial charge in [0.15, 0.2) is 0 Å². The zero-order chi connectivity index (χ0) is 16.9. The van der Waals surface area contributed by atoms with E-state index in [1.54, 1.807) is 25.4 Å². The smallest absolute Gasteiger partial charge is 0.255 e. The number of nitrogens with zero attached hydrogens (tertiary/aromatic N) is 3. The molecule has 2 heterocycles. The van der Waals surface area contributed by atoms with E-state index in [4.69, 9.17) is 9.47 Å². The Labute approximate surface area is 148 Å². The third-order valence-electron chi connectivity index (χ3n) is 3.98. The molecule has 0 radical (unpaired) electrons. The first-order valence-corrected chi connectivity index (χ1v) is 8.52. The molecule has 0 spiro atoms. The number of ether oxygens (including phenoxy) is 2. The number of benzene rings is 1. The molecule has 0 aliphatic carbocycles. The molecule has 3 rings (SSSR count). The monoisotopic (exact) mass is 391 g/mol. The summed E-state index contributed by atoms with van der Waals surface area (Å²) in [6.45, 7) is 1.30. The Hall–Kier alpha value is -2.15. The van der Waals surface area contributed by atoms with Gasteiger partial charge in [0, 0.05) is 42.7 Å². The maximum Gasteiger partial charge on any atom is 0.255 e. The molecule has 1 aliphatic heterocycles. The van der Waals surface area contributed by atoms with Gasteiger partial charge in [-0.1, -0.05) is 0 Å². The first-order valence-electron chi connectivity index (χ1n) is 7.73. The van der Waals surface area contributed by atoms with Gasteiger partial charge >= 0.3 is 0 Å². The highest BCUT2D eigenvalue weighted by Crippen LogP contribution is 2.25. The summed E-state index contributed by atoms with van der Waals surface area (Å²) in [7, 11) is 1.59.